The Hall–Kier alpha value is -2.40. The summed E-state index contributed by atoms with van der Waals surface area (Å²) in [6.07, 6.45) is 0. The minimum absolute atomic E-state index is 0.170. The predicted molar refractivity (Wildman–Crippen MR) is 78.3 cm³/mol. The van der Waals surface area contributed by atoms with Crippen molar-refractivity contribution in [3.05, 3.63) is 52.4 Å². The first-order valence-corrected chi connectivity index (χ1v) is 6.92. The second kappa shape index (κ2) is 4.94. The van der Waals surface area contributed by atoms with Crippen molar-refractivity contribution in [2.45, 2.75) is 6.92 Å². The number of furan rings is 1. The number of thiophene rings is 1. The maximum atomic E-state index is 12.4. The van der Waals surface area contributed by atoms with Crippen molar-refractivity contribution in [3.8, 4) is 0 Å². The fraction of sp³-hybridized carbons (Fsp3) is 0.0667. The Morgan fingerprint density at radius 1 is 1.15 bits per heavy atom. The van der Waals surface area contributed by atoms with E-state index in [1.165, 1.54) is 18.3 Å². The predicted octanol–water partition coefficient (Wildman–Crippen LogP) is 3.68. The van der Waals surface area contributed by atoms with E-state index in [-0.39, 0.29) is 17.5 Å². The fourth-order valence-corrected chi connectivity index (χ4v) is 2.69. The molecule has 0 unspecified atom stereocenters. The molecule has 2 aromatic heterocycles. The summed E-state index contributed by atoms with van der Waals surface area (Å²) >= 11 is 1.34. The maximum Gasteiger partial charge on any atom is 0.240 e. The third kappa shape index (κ3) is 2.12. The van der Waals surface area contributed by atoms with Gasteiger partial charge in [0.15, 0.2) is 5.76 Å². The highest BCUT2D eigenvalue weighted by molar-refractivity contribution is 7.12. The van der Waals surface area contributed by atoms with Crippen LogP contribution in [0.3, 0.4) is 0 Å². The molecule has 3 rings (SSSR count). The molecule has 0 aliphatic rings. The monoisotopic (exact) mass is 285 g/mol. The Balaban J connectivity index is 2.18. The van der Waals surface area contributed by atoms with Crippen LogP contribution in [0.15, 0.2) is 46.2 Å². The van der Waals surface area contributed by atoms with Gasteiger partial charge >= 0.3 is 0 Å². The molecule has 1 amide bonds. The van der Waals surface area contributed by atoms with Gasteiger partial charge in [-0.25, -0.2) is 0 Å². The lowest BCUT2D eigenvalue weighted by molar-refractivity contribution is -0.114. The van der Waals surface area contributed by atoms with E-state index in [1.54, 1.807) is 18.2 Å². The van der Waals surface area contributed by atoms with Gasteiger partial charge in [-0.05, 0) is 23.6 Å². The summed E-state index contributed by atoms with van der Waals surface area (Å²) in [6.45, 7) is 1.40. The van der Waals surface area contributed by atoms with E-state index >= 15 is 0 Å². The number of carbonyl (C=O) groups is 2. The zero-order valence-electron chi connectivity index (χ0n) is 10.7. The number of amides is 1. The molecule has 0 atom stereocenters. The first-order valence-electron chi connectivity index (χ1n) is 6.04. The molecule has 20 heavy (non-hydrogen) atoms. The molecule has 100 valence electrons. The van der Waals surface area contributed by atoms with Crippen LogP contribution in [0.1, 0.15) is 22.4 Å². The summed E-state index contributed by atoms with van der Waals surface area (Å²) in [5.41, 5.74) is 1.02. The van der Waals surface area contributed by atoms with Gasteiger partial charge in [-0.1, -0.05) is 18.2 Å². The molecule has 0 spiro atoms. The Bertz CT molecular complexity index is 787. The van der Waals surface area contributed by atoms with Crippen LogP contribution in [0.2, 0.25) is 0 Å². The van der Waals surface area contributed by atoms with Crippen LogP contribution in [-0.2, 0) is 4.79 Å². The maximum absolute atomic E-state index is 12.4. The molecular formula is C15H11NO3S. The van der Waals surface area contributed by atoms with Gasteiger partial charge in [0.05, 0.1) is 10.6 Å². The van der Waals surface area contributed by atoms with Gasteiger partial charge in [0.1, 0.15) is 5.58 Å². The summed E-state index contributed by atoms with van der Waals surface area (Å²) in [4.78, 5) is 24.4. The van der Waals surface area contributed by atoms with Gasteiger partial charge in [-0.3, -0.25) is 9.59 Å². The van der Waals surface area contributed by atoms with Crippen LogP contribution in [0, 0.1) is 0 Å². The lowest BCUT2D eigenvalue weighted by Crippen LogP contribution is -2.09. The quantitative estimate of drug-likeness (QED) is 0.747. The minimum atomic E-state index is -0.239. The molecule has 0 saturated carbocycles. The van der Waals surface area contributed by atoms with Gasteiger partial charge < -0.3 is 9.73 Å². The molecule has 2 heterocycles. The number of rotatable bonds is 3. The zero-order chi connectivity index (χ0) is 14.1. The summed E-state index contributed by atoms with van der Waals surface area (Å²) in [5.74, 6) is -0.291. The van der Waals surface area contributed by atoms with Crippen molar-refractivity contribution in [2.75, 3.05) is 5.32 Å². The smallest absolute Gasteiger partial charge is 0.240 e. The van der Waals surface area contributed by atoms with Crippen molar-refractivity contribution in [2.24, 2.45) is 0 Å². The Morgan fingerprint density at radius 2 is 1.95 bits per heavy atom. The van der Waals surface area contributed by atoms with Crippen LogP contribution < -0.4 is 5.32 Å². The number of hydrogen-bond donors (Lipinski definition) is 1. The van der Waals surface area contributed by atoms with E-state index in [0.29, 0.717) is 16.1 Å². The van der Waals surface area contributed by atoms with Crippen LogP contribution >= 0.6 is 11.3 Å². The Kier molecular flexibility index (Phi) is 3.12. The number of carbonyl (C=O) groups excluding carboxylic acids is 2. The Morgan fingerprint density at radius 3 is 2.65 bits per heavy atom. The number of benzene rings is 1. The number of anilines is 1. The summed E-state index contributed by atoms with van der Waals surface area (Å²) in [6, 6.07) is 10.8. The number of hydrogen-bond acceptors (Lipinski definition) is 4. The third-order valence-electron chi connectivity index (χ3n) is 2.85. The number of ketones is 1. The topological polar surface area (TPSA) is 59.3 Å². The lowest BCUT2D eigenvalue weighted by Gasteiger charge is -2.01. The molecule has 3 aromatic rings. The highest BCUT2D eigenvalue weighted by Crippen LogP contribution is 2.33. The number of fused-ring (bicyclic) bond motifs is 1. The van der Waals surface area contributed by atoms with Crippen molar-refractivity contribution < 1.29 is 14.0 Å². The van der Waals surface area contributed by atoms with Crippen molar-refractivity contribution in [1.29, 1.82) is 0 Å². The summed E-state index contributed by atoms with van der Waals surface area (Å²) in [5, 5.41) is 5.24. The standard InChI is InChI=1S/C15H11NO3S/c1-9(17)16-13-10-5-2-3-6-11(10)19-15(13)14(18)12-7-4-8-20-12/h2-8H,1H3,(H,16,17). The van der Waals surface area contributed by atoms with Crippen LogP contribution in [-0.4, -0.2) is 11.7 Å². The average Bonchev–Trinajstić information content (AvgIpc) is 3.06. The van der Waals surface area contributed by atoms with Crippen LogP contribution in [0.4, 0.5) is 5.69 Å². The lowest BCUT2D eigenvalue weighted by atomic mass is 10.1. The highest BCUT2D eigenvalue weighted by Gasteiger charge is 2.23. The largest absolute Gasteiger partial charge is 0.450 e. The van der Waals surface area contributed by atoms with Gasteiger partial charge in [0.25, 0.3) is 0 Å². The molecule has 0 saturated heterocycles. The molecular weight excluding hydrogens is 274 g/mol. The SMILES string of the molecule is CC(=O)Nc1c(C(=O)c2cccs2)oc2ccccc12. The first-order chi connectivity index (χ1) is 9.66. The Labute approximate surface area is 119 Å². The second-order valence-electron chi connectivity index (χ2n) is 4.29. The van der Waals surface area contributed by atoms with E-state index in [9.17, 15) is 9.59 Å². The summed E-state index contributed by atoms with van der Waals surface area (Å²) in [7, 11) is 0. The van der Waals surface area contributed by atoms with Gasteiger partial charge in [-0.15, -0.1) is 11.3 Å². The zero-order valence-corrected chi connectivity index (χ0v) is 11.5. The van der Waals surface area contributed by atoms with Crippen LogP contribution in [0.25, 0.3) is 11.0 Å². The van der Waals surface area contributed by atoms with Crippen molar-refractivity contribution in [3.63, 3.8) is 0 Å². The average molecular weight is 285 g/mol. The minimum Gasteiger partial charge on any atom is -0.450 e. The molecule has 1 N–H and O–H groups in total. The summed E-state index contributed by atoms with van der Waals surface area (Å²) < 4.78 is 5.63. The van der Waals surface area contributed by atoms with E-state index in [4.69, 9.17) is 4.42 Å². The van der Waals surface area contributed by atoms with Crippen molar-refractivity contribution in [1.82, 2.24) is 0 Å². The number of para-hydroxylation sites is 1. The molecule has 1 aromatic carbocycles. The molecule has 5 heteroatoms. The van der Waals surface area contributed by atoms with E-state index < -0.39 is 0 Å². The third-order valence-corrected chi connectivity index (χ3v) is 3.72. The van der Waals surface area contributed by atoms with Gasteiger partial charge in [-0.2, -0.15) is 0 Å². The normalized spacial score (nSPS) is 10.7. The fourth-order valence-electron chi connectivity index (χ4n) is 2.03. The van der Waals surface area contributed by atoms with E-state index in [0.717, 1.165) is 5.39 Å². The van der Waals surface area contributed by atoms with E-state index in [2.05, 4.69) is 5.32 Å². The highest BCUT2D eigenvalue weighted by atomic mass is 32.1. The van der Waals surface area contributed by atoms with Crippen molar-refractivity contribution >= 4 is 39.7 Å². The second-order valence-corrected chi connectivity index (χ2v) is 5.24. The molecule has 0 aliphatic heterocycles. The molecule has 0 fully saturated rings. The molecule has 0 radical (unpaired) electrons. The van der Waals surface area contributed by atoms with E-state index in [1.807, 2.05) is 23.6 Å². The first kappa shape index (κ1) is 12.6. The molecule has 0 aliphatic carbocycles. The molecule has 4 nitrogen and oxygen atoms in total. The molecule has 0 bridgehead atoms. The van der Waals surface area contributed by atoms with Crippen LogP contribution in [0.5, 0.6) is 0 Å². The van der Waals surface area contributed by atoms with Gasteiger partial charge in [0.2, 0.25) is 11.7 Å². The van der Waals surface area contributed by atoms with Gasteiger partial charge in [0, 0.05) is 12.3 Å². The number of nitrogens with one attached hydrogen (secondary N) is 1.